The molecule has 0 saturated carbocycles. The molecule has 0 bridgehead atoms. The van der Waals surface area contributed by atoms with Crippen LogP contribution in [-0.4, -0.2) is 15.8 Å². The molecule has 0 unspecified atom stereocenters. The molecule has 2 aromatic carbocycles. The van der Waals surface area contributed by atoms with Crippen LogP contribution < -0.4 is 10.5 Å². The van der Waals surface area contributed by atoms with Crippen LogP contribution in [0.1, 0.15) is 38.5 Å². The van der Waals surface area contributed by atoms with Crippen LogP contribution >= 0.6 is 0 Å². The first kappa shape index (κ1) is 15.6. The molecule has 2 N–H and O–H groups in total. The number of fused-ring (bicyclic) bond motifs is 1. The molecule has 23 heavy (non-hydrogen) atoms. The topological polar surface area (TPSA) is 53.1 Å². The van der Waals surface area contributed by atoms with Crippen molar-refractivity contribution in [3.8, 4) is 5.75 Å². The number of nitrogens with zero attached hydrogens (tertiary/aromatic N) is 2. The molecule has 1 aromatic heterocycles. The predicted octanol–water partition coefficient (Wildman–Crippen LogP) is 4.08. The zero-order valence-electron chi connectivity index (χ0n) is 13.8. The standard InChI is InChI=1S/C19H23N3O/c1-13(2)22-18-10-9-17(11-16(18)12-21-22)23-19(14(3)20)15-7-5-4-6-8-15/h4-14,19H,20H2,1-3H3/t14-,19-/m0/s1. The van der Waals surface area contributed by atoms with Gasteiger partial charge in [-0.25, -0.2) is 0 Å². The minimum absolute atomic E-state index is 0.105. The van der Waals surface area contributed by atoms with Crippen molar-refractivity contribution in [1.29, 1.82) is 0 Å². The summed E-state index contributed by atoms with van der Waals surface area (Å²) in [6.07, 6.45) is 1.71. The number of benzene rings is 2. The third kappa shape index (κ3) is 3.22. The largest absolute Gasteiger partial charge is 0.484 e. The summed E-state index contributed by atoms with van der Waals surface area (Å²) in [5.41, 5.74) is 8.33. The molecular formula is C19H23N3O. The molecule has 0 spiro atoms. The quantitative estimate of drug-likeness (QED) is 0.772. The SMILES string of the molecule is CC(C)n1ncc2cc(O[C@H](c3ccccc3)[C@H](C)N)ccc21. The lowest BCUT2D eigenvalue weighted by Gasteiger charge is -2.23. The van der Waals surface area contributed by atoms with Gasteiger partial charge in [0.2, 0.25) is 0 Å². The van der Waals surface area contributed by atoms with Crippen molar-refractivity contribution in [3.05, 3.63) is 60.3 Å². The van der Waals surface area contributed by atoms with Crippen molar-refractivity contribution in [1.82, 2.24) is 9.78 Å². The molecule has 120 valence electrons. The van der Waals surface area contributed by atoms with E-state index in [2.05, 4.69) is 25.0 Å². The zero-order valence-corrected chi connectivity index (χ0v) is 13.8. The van der Waals surface area contributed by atoms with Crippen LogP contribution in [0.5, 0.6) is 5.75 Å². The Hall–Kier alpha value is -2.33. The van der Waals surface area contributed by atoms with E-state index in [9.17, 15) is 0 Å². The molecule has 4 nitrogen and oxygen atoms in total. The Labute approximate surface area is 136 Å². The first-order valence-electron chi connectivity index (χ1n) is 8.00. The molecule has 0 fully saturated rings. The fraction of sp³-hybridized carbons (Fsp3) is 0.316. The average Bonchev–Trinajstić information content (AvgIpc) is 2.96. The van der Waals surface area contributed by atoms with Gasteiger partial charge in [-0.1, -0.05) is 30.3 Å². The van der Waals surface area contributed by atoms with Gasteiger partial charge in [0.15, 0.2) is 0 Å². The summed E-state index contributed by atoms with van der Waals surface area (Å²) in [5.74, 6) is 0.812. The minimum Gasteiger partial charge on any atom is -0.484 e. The van der Waals surface area contributed by atoms with Crippen molar-refractivity contribution in [2.75, 3.05) is 0 Å². The lowest BCUT2D eigenvalue weighted by atomic mass is 10.0. The molecular weight excluding hydrogens is 286 g/mol. The smallest absolute Gasteiger partial charge is 0.138 e. The Kier molecular flexibility index (Phi) is 4.35. The van der Waals surface area contributed by atoms with Gasteiger partial charge in [0.25, 0.3) is 0 Å². The maximum atomic E-state index is 6.18. The molecule has 3 aromatic rings. The Morgan fingerprint density at radius 2 is 1.78 bits per heavy atom. The Bertz CT molecular complexity index is 778. The number of ether oxygens (including phenoxy) is 1. The van der Waals surface area contributed by atoms with Crippen LogP contribution in [0.25, 0.3) is 10.9 Å². The second kappa shape index (κ2) is 6.42. The van der Waals surface area contributed by atoms with Crippen LogP contribution in [-0.2, 0) is 0 Å². The summed E-state index contributed by atoms with van der Waals surface area (Å²) in [6.45, 7) is 6.21. The van der Waals surface area contributed by atoms with E-state index >= 15 is 0 Å². The van der Waals surface area contributed by atoms with Crippen LogP contribution in [0.2, 0.25) is 0 Å². The Balaban J connectivity index is 1.90. The molecule has 0 aliphatic rings. The van der Waals surface area contributed by atoms with Gasteiger partial charge in [-0.15, -0.1) is 0 Å². The van der Waals surface area contributed by atoms with Crippen LogP contribution in [0.4, 0.5) is 0 Å². The molecule has 0 saturated heterocycles. The van der Waals surface area contributed by atoms with Crippen LogP contribution in [0.15, 0.2) is 54.7 Å². The van der Waals surface area contributed by atoms with Gasteiger partial charge in [-0.3, -0.25) is 4.68 Å². The van der Waals surface area contributed by atoms with E-state index in [1.807, 2.05) is 60.3 Å². The highest BCUT2D eigenvalue weighted by Gasteiger charge is 2.18. The highest BCUT2D eigenvalue weighted by Crippen LogP contribution is 2.28. The van der Waals surface area contributed by atoms with Gasteiger partial charge in [0, 0.05) is 17.5 Å². The van der Waals surface area contributed by atoms with Crippen LogP contribution in [0.3, 0.4) is 0 Å². The van der Waals surface area contributed by atoms with Gasteiger partial charge < -0.3 is 10.5 Å². The van der Waals surface area contributed by atoms with E-state index in [0.717, 1.165) is 22.2 Å². The van der Waals surface area contributed by atoms with Crippen molar-refractivity contribution in [3.63, 3.8) is 0 Å². The lowest BCUT2D eigenvalue weighted by molar-refractivity contribution is 0.180. The normalized spacial score (nSPS) is 14.1. The fourth-order valence-electron chi connectivity index (χ4n) is 2.78. The van der Waals surface area contributed by atoms with Crippen molar-refractivity contribution in [2.45, 2.75) is 39.0 Å². The first-order chi connectivity index (χ1) is 11.1. The summed E-state index contributed by atoms with van der Waals surface area (Å²) in [4.78, 5) is 0. The van der Waals surface area contributed by atoms with Gasteiger partial charge in [0.1, 0.15) is 11.9 Å². The Morgan fingerprint density at radius 3 is 2.43 bits per heavy atom. The molecule has 0 aliphatic heterocycles. The Morgan fingerprint density at radius 1 is 1.04 bits per heavy atom. The maximum Gasteiger partial charge on any atom is 0.138 e. The minimum atomic E-state index is -0.172. The van der Waals surface area contributed by atoms with E-state index in [4.69, 9.17) is 10.5 Å². The number of rotatable bonds is 5. The maximum absolute atomic E-state index is 6.18. The van der Waals surface area contributed by atoms with E-state index in [-0.39, 0.29) is 12.1 Å². The van der Waals surface area contributed by atoms with Crippen molar-refractivity contribution in [2.24, 2.45) is 5.73 Å². The third-order valence-corrected chi connectivity index (χ3v) is 3.92. The average molecular weight is 309 g/mol. The number of aromatic nitrogens is 2. The molecule has 4 heteroatoms. The fourth-order valence-corrected chi connectivity index (χ4v) is 2.78. The number of hydrogen-bond acceptors (Lipinski definition) is 3. The summed E-state index contributed by atoms with van der Waals surface area (Å²) >= 11 is 0. The first-order valence-corrected chi connectivity index (χ1v) is 8.00. The van der Waals surface area contributed by atoms with Gasteiger partial charge in [-0.05, 0) is 44.5 Å². The summed E-state index contributed by atoms with van der Waals surface area (Å²) in [6, 6.07) is 16.4. The number of nitrogens with two attached hydrogens (primary N) is 1. The van der Waals surface area contributed by atoms with Crippen LogP contribution in [0, 0.1) is 0 Å². The summed E-state index contributed by atoms with van der Waals surface area (Å²) < 4.78 is 8.19. The highest BCUT2D eigenvalue weighted by atomic mass is 16.5. The van der Waals surface area contributed by atoms with E-state index < -0.39 is 0 Å². The van der Waals surface area contributed by atoms with E-state index in [0.29, 0.717) is 6.04 Å². The summed E-state index contributed by atoms with van der Waals surface area (Å²) in [7, 11) is 0. The van der Waals surface area contributed by atoms with E-state index in [1.54, 1.807) is 0 Å². The van der Waals surface area contributed by atoms with Crippen molar-refractivity contribution >= 4 is 10.9 Å². The second-order valence-corrected chi connectivity index (χ2v) is 6.21. The predicted molar refractivity (Wildman–Crippen MR) is 93.6 cm³/mol. The highest BCUT2D eigenvalue weighted by molar-refractivity contribution is 5.80. The lowest BCUT2D eigenvalue weighted by Crippen LogP contribution is -2.29. The molecule has 1 heterocycles. The molecule has 2 atom stereocenters. The third-order valence-electron chi connectivity index (χ3n) is 3.92. The van der Waals surface area contributed by atoms with E-state index in [1.165, 1.54) is 0 Å². The van der Waals surface area contributed by atoms with Gasteiger partial charge in [-0.2, -0.15) is 5.10 Å². The van der Waals surface area contributed by atoms with Gasteiger partial charge >= 0.3 is 0 Å². The molecule has 3 rings (SSSR count). The number of hydrogen-bond donors (Lipinski definition) is 1. The zero-order chi connectivity index (χ0) is 16.4. The molecule has 0 amide bonds. The van der Waals surface area contributed by atoms with Crippen molar-refractivity contribution < 1.29 is 4.74 Å². The summed E-state index contributed by atoms with van der Waals surface area (Å²) in [5, 5.41) is 5.52. The molecule has 0 aliphatic carbocycles. The van der Waals surface area contributed by atoms with Gasteiger partial charge in [0.05, 0.1) is 11.7 Å². The molecule has 0 radical (unpaired) electrons. The second-order valence-electron chi connectivity index (χ2n) is 6.21. The monoisotopic (exact) mass is 309 g/mol.